The number of aryl methyl sites for hydroxylation is 3. The average molecular weight is 308 g/mol. The summed E-state index contributed by atoms with van der Waals surface area (Å²) in [4.78, 5) is 0.424. The first-order chi connectivity index (χ1) is 9.90. The van der Waals surface area contributed by atoms with E-state index in [2.05, 4.69) is 16.1 Å². The fourth-order valence-corrected chi connectivity index (χ4v) is 4.39. The number of hydrogen-bond donors (Lipinski definition) is 2. The zero-order valence-corrected chi connectivity index (χ0v) is 13.8. The van der Waals surface area contributed by atoms with Gasteiger partial charge in [0.25, 0.3) is 0 Å². The van der Waals surface area contributed by atoms with E-state index in [0.29, 0.717) is 11.4 Å². The van der Waals surface area contributed by atoms with Gasteiger partial charge in [0, 0.05) is 13.1 Å². The third-order valence-corrected chi connectivity index (χ3v) is 5.54. The zero-order chi connectivity index (χ0) is 15.5. The summed E-state index contributed by atoms with van der Waals surface area (Å²) < 4.78 is 27.7. The van der Waals surface area contributed by atoms with Crippen LogP contribution in [0.15, 0.2) is 28.7 Å². The van der Waals surface area contributed by atoms with Gasteiger partial charge in [-0.1, -0.05) is 29.3 Å². The molecular formula is C16H24N2O2S. The topological polar surface area (TPSA) is 58.2 Å². The quantitative estimate of drug-likeness (QED) is 0.820. The second-order valence-corrected chi connectivity index (χ2v) is 7.40. The molecule has 1 aliphatic heterocycles. The highest BCUT2D eigenvalue weighted by Gasteiger charge is 2.19. The Morgan fingerprint density at radius 3 is 2.43 bits per heavy atom. The van der Waals surface area contributed by atoms with Gasteiger partial charge in [-0.3, -0.25) is 0 Å². The zero-order valence-electron chi connectivity index (χ0n) is 13.0. The van der Waals surface area contributed by atoms with E-state index in [4.69, 9.17) is 0 Å². The largest absolute Gasteiger partial charge is 0.313 e. The second kappa shape index (κ2) is 6.73. The van der Waals surface area contributed by atoms with Gasteiger partial charge in [0.15, 0.2) is 0 Å². The predicted octanol–water partition coefficient (Wildman–Crippen LogP) is 2.20. The Morgan fingerprint density at radius 2 is 1.86 bits per heavy atom. The van der Waals surface area contributed by atoms with E-state index in [-0.39, 0.29) is 0 Å². The van der Waals surface area contributed by atoms with E-state index in [1.54, 1.807) is 0 Å². The molecule has 0 bridgehead atoms. The summed E-state index contributed by atoms with van der Waals surface area (Å²) >= 11 is 0. The fourth-order valence-electron chi connectivity index (χ4n) is 2.91. The Hall–Kier alpha value is -1.17. The molecule has 0 saturated carbocycles. The van der Waals surface area contributed by atoms with Crippen LogP contribution in [0.2, 0.25) is 0 Å². The SMILES string of the molecule is Cc1cc(C)c(S(=O)(=O)NCCC2=CCNCC2)c(C)c1. The van der Waals surface area contributed by atoms with Crippen molar-refractivity contribution < 1.29 is 8.42 Å². The maximum absolute atomic E-state index is 12.5. The molecule has 5 heteroatoms. The van der Waals surface area contributed by atoms with Gasteiger partial charge in [0.1, 0.15) is 0 Å². The average Bonchev–Trinajstić information content (AvgIpc) is 2.38. The Morgan fingerprint density at radius 1 is 1.19 bits per heavy atom. The molecule has 2 N–H and O–H groups in total. The minimum atomic E-state index is -3.43. The molecule has 0 aliphatic carbocycles. The lowest BCUT2D eigenvalue weighted by Crippen LogP contribution is -2.28. The minimum absolute atomic E-state index is 0.424. The summed E-state index contributed by atoms with van der Waals surface area (Å²) in [5.41, 5.74) is 4.03. The highest BCUT2D eigenvalue weighted by Crippen LogP contribution is 2.21. The maximum atomic E-state index is 12.5. The Kier molecular flexibility index (Phi) is 5.19. The Balaban J connectivity index is 2.07. The fraction of sp³-hybridized carbons (Fsp3) is 0.500. The molecule has 2 rings (SSSR count). The molecule has 1 aromatic rings. The van der Waals surface area contributed by atoms with Crippen LogP contribution in [-0.4, -0.2) is 28.1 Å². The monoisotopic (exact) mass is 308 g/mol. The van der Waals surface area contributed by atoms with E-state index >= 15 is 0 Å². The van der Waals surface area contributed by atoms with Crippen molar-refractivity contribution in [3.63, 3.8) is 0 Å². The molecule has 0 amide bonds. The molecular weight excluding hydrogens is 284 g/mol. The molecule has 0 spiro atoms. The standard InChI is InChI=1S/C16H24N2O2S/c1-12-10-13(2)16(14(3)11-12)21(19,20)18-9-6-15-4-7-17-8-5-15/h4,10-11,17-18H,5-9H2,1-3H3. The molecule has 1 aliphatic rings. The maximum Gasteiger partial charge on any atom is 0.241 e. The Labute approximate surface area is 127 Å². The van der Waals surface area contributed by atoms with Gasteiger partial charge in [-0.25, -0.2) is 13.1 Å². The molecule has 0 aromatic heterocycles. The van der Waals surface area contributed by atoms with E-state index in [1.165, 1.54) is 5.57 Å². The smallest absolute Gasteiger partial charge is 0.241 e. The van der Waals surface area contributed by atoms with Crippen LogP contribution in [0.1, 0.15) is 29.5 Å². The van der Waals surface area contributed by atoms with E-state index in [9.17, 15) is 8.42 Å². The molecule has 0 saturated heterocycles. The molecule has 0 atom stereocenters. The van der Waals surface area contributed by atoms with Gasteiger partial charge in [0.05, 0.1) is 4.90 Å². The first-order valence-electron chi connectivity index (χ1n) is 7.36. The summed E-state index contributed by atoms with van der Waals surface area (Å²) in [6.45, 7) is 8.01. The lowest BCUT2D eigenvalue weighted by Gasteiger charge is -2.16. The van der Waals surface area contributed by atoms with Crippen molar-refractivity contribution in [2.45, 2.75) is 38.5 Å². The molecule has 4 nitrogen and oxygen atoms in total. The van der Waals surface area contributed by atoms with Crippen molar-refractivity contribution in [3.8, 4) is 0 Å². The molecule has 1 heterocycles. The van der Waals surface area contributed by atoms with Crippen LogP contribution in [0.25, 0.3) is 0 Å². The van der Waals surface area contributed by atoms with Gasteiger partial charge in [0.2, 0.25) is 10.0 Å². The molecule has 1 aromatic carbocycles. The highest BCUT2D eigenvalue weighted by molar-refractivity contribution is 7.89. The van der Waals surface area contributed by atoms with Crippen LogP contribution < -0.4 is 10.0 Å². The number of hydrogen-bond acceptors (Lipinski definition) is 3. The third kappa shape index (κ3) is 4.15. The van der Waals surface area contributed by atoms with E-state index in [1.807, 2.05) is 32.9 Å². The summed E-state index contributed by atoms with van der Waals surface area (Å²) in [5, 5.41) is 3.25. The van der Waals surface area contributed by atoms with E-state index < -0.39 is 10.0 Å². The van der Waals surface area contributed by atoms with Crippen molar-refractivity contribution in [3.05, 3.63) is 40.5 Å². The second-order valence-electron chi connectivity index (χ2n) is 5.69. The van der Waals surface area contributed by atoms with Crippen molar-refractivity contribution >= 4 is 10.0 Å². The van der Waals surface area contributed by atoms with Gasteiger partial charge in [-0.05, 0) is 51.3 Å². The van der Waals surface area contributed by atoms with Crippen LogP contribution in [-0.2, 0) is 10.0 Å². The number of rotatable bonds is 5. The molecule has 116 valence electrons. The summed E-state index contributed by atoms with van der Waals surface area (Å²) in [7, 11) is -3.43. The lowest BCUT2D eigenvalue weighted by atomic mass is 10.1. The van der Waals surface area contributed by atoms with E-state index in [0.717, 1.165) is 42.6 Å². The summed E-state index contributed by atoms with van der Waals surface area (Å²) in [6, 6.07) is 3.83. The minimum Gasteiger partial charge on any atom is -0.313 e. The van der Waals surface area contributed by atoms with Crippen LogP contribution in [0.4, 0.5) is 0 Å². The van der Waals surface area contributed by atoms with Crippen molar-refractivity contribution in [2.24, 2.45) is 0 Å². The number of sulfonamides is 1. The van der Waals surface area contributed by atoms with Crippen molar-refractivity contribution in [1.29, 1.82) is 0 Å². The first kappa shape index (κ1) is 16.2. The van der Waals surface area contributed by atoms with Gasteiger partial charge >= 0.3 is 0 Å². The normalized spacial score (nSPS) is 15.9. The van der Waals surface area contributed by atoms with Crippen molar-refractivity contribution in [2.75, 3.05) is 19.6 Å². The molecule has 0 unspecified atom stereocenters. The molecule has 0 radical (unpaired) electrons. The first-order valence-corrected chi connectivity index (χ1v) is 8.84. The van der Waals surface area contributed by atoms with Crippen LogP contribution in [0.3, 0.4) is 0 Å². The van der Waals surface area contributed by atoms with Gasteiger partial charge in [-0.2, -0.15) is 0 Å². The third-order valence-electron chi connectivity index (χ3n) is 3.77. The summed E-state index contributed by atoms with van der Waals surface area (Å²) in [6.07, 6.45) is 3.94. The van der Waals surface area contributed by atoms with Crippen LogP contribution in [0, 0.1) is 20.8 Å². The van der Waals surface area contributed by atoms with Crippen LogP contribution in [0.5, 0.6) is 0 Å². The predicted molar refractivity (Wildman–Crippen MR) is 86.0 cm³/mol. The van der Waals surface area contributed by atoms with Gasteiger partial charge < -0.3 is 5.32 Å². The lowest BCUT2D eigenvalue weighted by molar-refractivity contribution is 0.578. The highest BCUT2D eigenvalue weighted by atomic mass is 32.2. The van der Waals surface area contributed by atoms with Gasteiger partial charge in [-0.15, -0.1) is 0 Å². The molecule has 21 heavy (non-hydrogen) atoms. The van der Waals surface area contributed by atoms with Crippen LogP contribution >= 0.6 is 0 Å². The van der Waals surface area contributed by atoms with Crippen molar-refractivity contribution in [1.82, 2.24) is 10.0 Å². The summed E-state index contributed by atoms with van der Waals surface area (Å²) in [5.74, 6) is 0. The number of nitrogens with one attached hydrogen (secondary N) is 2. The number of benzene rings is 1. The Bertz CT molecular complexity index is 625. The molecule has 0 fully saturated rings.